The normalized spacial score (nSPS) is 21.4. The number of anilines is 1. The topological polar surface area (TPSA) is 32.3 Å². The van der Waals surface area contributed by atoms with Crippen LogP contribution in [-0.2, 0) is 11.2 Å². The van der Waals surface area contributed by atoms with E-state index in [4.69, 9.17) is 0 Å². The lowest BCUT2D eigenvalue weighted by atomic mass is 9.89. The van der Waals surface area contributed by atoms with Gasteiger partial charge in [0.15, 0.2) is 0 Å². The Morgan fingerprint density at radius 3 is 2.74 bits per heavy atom. The summed E-state index contributed by atoms with van der Waals surface area (Å²) in [4.78, 5) is 13.5. The van der Waals surface area contributed by atoms with Gasteiger partial charge in [-0.1, -0.05) is 19.1 Å². The lowest BCUT2D eigenvalue weighted by molar-refractivity contribution is -0.117. The summed E-state index contributed by atoms with van der Waals surface area (Å²) in [5.41, 5.74) is 3.57. The van der Waals surface area contributed by atoms with E-state index in [1.165, 1.54) is 24.0 Å². The van der Waals surface area contributed by atoms with Gasteiger partial charge in [-0.25, -0.2) is 0 Å². The second kappa shape index (κ2) is 4.64. The molecular formula is C16H22N2O. The molecule has 0 aromatic heterocycles. The van der Waals surface area contributed by atoms with E-state index in [1.54, 1.807) is 4.90 Å². The minimum absolute atomic E-state index is 0.198. The Bertz CT molecular complexity index is 507. The van der Waals surface area contributed by atoms with E-state index in [0.717, 1.165) is 11.6 Å². The standard InChI is InChI=1S/C16H22N2O/c1-10(11-4-5-11)16(17-2)12-6-7-14-13(8-12)9-15(19)18(14)3/h6-8,10-11,16-17H,4-5,9H2,1-3H3. The summed E-state index contributed by atoms with van der Waals surface area (Å²) in [6.45, 7) is 2.34. The van der Waals surface area contributed by atoms with Crippen LogP contribution in [0.4, 0.5) is 5.69 Å². The SMILES string of the molecule is CNC(c1ccc2c(c1)CC(=O)N2C)C(C)C1CC1. The number of hydrogen-bond acceptors (Lipinski definition) is 2. The highest BCUT2D eigenvalue weighted by Gasteiger charge is 2.34. The fraction of sp³-hybridized carbons (Fsp3) is 0.562. The summed E-state index contributed by atoms with van der Waals surface area (Å²) in [7, 11) is 3.89. The van der Waals surface area contributed by atoms with Crippen LogP contribution in [0.15, 0.2) is 18.2 Å². The molecule has 1 N–H and O–H groups in total. The number of amides is 1. The van der Waals surface area contributed by atoms with Gasteiger partial charge in [0.2, 0.25) is 5.91 Å². The first-order valence-electron chi connectivity index (χ1n) is 7.18. The van der Waals surface area contributed by atoms with Crippen LogP contribution < -0.4 is 10.2 Å². The van der Waals surface area contributed by atoms with Gasteiger partial charge in [0.05, 0.1) is 6.42 Å². The predicted molar refractivity (Wildman–Crippen MR) is 77.2 cm³/mol. The third-order valence-corrected chi connectivity index (χ3v) is 4.74. The van der Waals surface area contributed by atoms with Crippen molar-refractivity contribution in [2.24, 2.45) is 11.8 Å². The van der Waals surface area contributed by atoms with Crippen molar-refractivity contribution in [2.75, 3.05) is 19.0 Å². The van der Waals surface area contributed by atoms with Gasteiger partial charge >= 0.3 is 0 Å². The number of fused-ring (bicyclic) bond motifs is 1. The largest absolute Gasteiger partial charge is 0.315 e. The minimum atomic E-state index is 0.198. The minimum Gasteiger partial charge on any atom is -0.315 e. The number of carbonyl (C=O) groups is 1. The molecule has 2 unspecified atom stereocenters. The molecule has 19 heavy (non-hydrogen) atoms. The average Bonchev–Trinajstić information content (AvgIpc) is 3.19. The van der Waals surface area contributed by atoms with Crippen LogP contribution in [0.1, 0.15) is 36.9 Å². The molecule has 1 aliphatic carbocycles. The third-order valence-electron chi connectivity index (χ3n) is 4.74. The molecule has 1 heterocycles. The monoisotopic (exact) mass is 258 g/mol. The molecule has 0 spiro atoms. The Balaban J connectivity index is 1.89. The van der Waals surface area contributed by atoms with Crippen LogP contribution in [0.3, 0.4) is 0 Å². The van der Waals surface area contributed by atoms with Crippen molar-refractivity contribution in [3.8, 4) is 0 Å². The first kappa shape index (κ1) is 12.7. The zero-order chi connectivity index (χ0) is 13.6. The molecule has 2 aliphatic rings. The Labute approximate surface area is 115 Å². The molecule has 3 heteroatoms. The Morgan fingerprint density at radius 2 is 2.11 bits per heavy atom. The van der Waals surface area contributed by atoms with E-state index in [2.05, 4.69) is 30.4 Å². The lowest BCUT2D eigenvalue weighted by Crippen LogP contribution is -2.24. The summed E-state index contributed by atoms with van der Waals surface area (Å²) >= 11 is 0. The molecule has 102 valence electrons. The highest BCUT2D eigenvalue weighted by Crippen LogP contribution is 2.43. The van der Waals surface area contributed by atoms with Crippen molar-refractivity contribution in [2.45, 2.75) is 32.2 Å². The van der Waals surface area contributed by atoms with Gasteiger partial charge in [0.1, 0.15) is 0 Å². The molecular weight excluding hydrogens is 236 g/mol. The van der Waals surface area contributed by atoms with E-state index in [-0.39, 0.29) is 5.91 Å². The molecule has 2 atom stereocenters. The number of rotatable bonds is 4. The summed E-state index contributed by atoms with van der Waals surface area (Å²) < 4.78 is 0. The number of nitrogens with zero attached hydrogens (tertiary/aromatic N) is 1. The van der Waals surface area contributed by atoms with Crippen LogP contribution >= 0.6 is 0 Å². The zero-order valence-electron chi connectivity index (χ0n) is 11.9. The summed E-state index contributed by atoms with van der Waals surface area (Å²) in [5.74, 6) is 1.73. The molecule has 1 aliphatic heterocycles. The molecule has 1 fully saturated rings. The molecule has 0 radical (unpaired) electrons. The van der Waals surface area contributed by atoms with Gasteiger partial charge in [0.25, 0.3) is 0 Å². The van der Waals surface area contributed by atoms with Gasteiger partial charge in [-0.05, 0) is 48.9 Å². The smallest absolute Gasteiger partial charge is 0.231 e. The number of hydrogen-bond donors (Lipinski definition) is 1. The van der Waals surface area contributed by atoms with Crippen molar-refractivity contribution in [1.29, 1.82) is 0 Å². The quantitative estimate of drug-likeness (QED) is 0.900. The second-order valence-electron chi connectivity index (χ2n) is 5.98. The Hall–Kier alpha value is -1.35. The number of likely N-dealkylation sites (N-methyl/N-ethyl adjacent to an activating group) is 1. The fourth-order valence-electron chi connectivity index (χ4n) is 3.31. The Kier molecular flexibility index (Phi) is 3.09. The van der Waals surface area contributed by atoms with Gasteiger partial charge in [-0.2, -0.15) is 0 Å². The number of nitrogens with one attached hydrogen (secondary N) is 1. The Morgan fingerprint density at radius 1 is 1.37 bits per heavy atom. The van der Waals surface area contributed by atoms with Crippen molar-refractivity contribution in [3.05, 3.63) is 29.3 Å². The highest BCUT2D eigenvalue weighted by molar-refractivity contribution is 6.00. The van der Waals surface area contributed by atoms with Crippen LogP contribution in [0.25, 0.3) is 0 Å². The van der Waals surface area contributed by atoms with Crippen molar-refractivity contribution >= 4 is 11.6 Å². The van der Waals surface area contributed by atoms with Crippen LogP contribution in [0.5, 0.6) is 0 Å². The van der Waals surface area contributed by atoms with Crippen LogP contribution in [-0.4, -0.2) is 20.0 Å². The van der Waals surface area contributed by atoms with Gasteiger partial charge < -0.3 is 10.2 Å². The van der Waals surface area contributed by atoms with E-state index in [1.807, 2.05) is 14.1 Å². The van der Waals surface area contributed by atoms with E-state index < -0.39 is 0 Å². The van der Waals surface area contributed by atoms with E-state index in [0.29, 0.717) is 18.4 Å². The summed E-state index contributed by atoms with van der Waals surface area (Å²) in [5, 5.41) is 3.45. The molecule has 1 amide bonds. The lowest BCUT2D eigenvalue weighted by Gasteiger charge is -2.24. The molecule has 1 saturated carbocycles. The first-order chi connectivity index (χ1) is 9.11. The summed E-state index contributed by atoms with van der Waals surface area (Å²) in [6.07, 6.45) is 3.28. The zero-order valence-corrected chi connectivity index (χ0v) is 11.9. The van der Waals surface area contributed by atoms with Crippen molar-refractivity contribution in [3.63, 3.8) is 0 Å². The summed E-state index contributed by atoms with van der Waals surface area (Å²) in [6, 6.07) is 6.89. The van der Waals surface area contributed by atoms with Crippen molar-refractivity contribution < 1.29 is 4.79 Å². The van der Waals surface area contributed by atoms with E-state index >= 15 is 0 Å². The first-order valence-corrected chi connectivity index (χ1v) is 7.18. The fourth-order valence-corrected chi connectivity index (χ4v) is 3.31. The number of carbonyl (C=O) groups excluding carboxylic acids is 1. The molecule has 0 bridgehead atoms. The van der Waals surface area contributed by atoms with Crippen LogP contribution in [0, 0.1) is 11.8 Å². The maximum atomic E-state index is 11.7. The second-order valence-corrected chi connectivity index (χ2v) is 5.98. The van der Waals surface area contributed by atoms with Crippen LogP contribution in [0.2, 0.25) is 0 Å². The molecule has 0 saturated heterocycles. The van der Waals surface area contributed by atoms with E-state index in [9.17, 15) is 4.79 Å². The van der Waals surface area contributed by atoms with Gasteiger partial charge in [0, 0.05) is 18.8 Å². The highest BCUT2D eigenvalue weighted by atomic mass is 16.2. The maximum Gasteiger partial charge on any atom is 0.231 e. The average molecular weight is 258 g/mol. The predicted octanol–water partition coefficient (Wildman–Crippen LogP) is 2.51. The third kappa shape index (κ3) is 2.16. The molecule has 3 rings (SSSR count). The number of benzene rings is 1. The van der Waals surface area contributed by atoms with Crippen molar-refractivity contribution in [1.82, 2.24) is 5.32 Å². The maximum absolute atomic E-state index is 11.7. The van der Waals surface area contributed by atoms with Gasteiger partial charge in [-0.15, -0.1) is 0 Å². The van der Waals surface area contributed by atoms with Gasteiger partial charge in [-0.3, -0.25) is 4.79 Å². The molecule has 1 aromatic carbocycles. The molecule has 3 nitrogen and oxygen atoms in total. The molecule has 1 aromatic rings.